The third-order valence-corrected chi connectivity index (χ3v) is 4.55. The molecule has 4 heteroatoms. The fourth-order valence-electron chi connectivity index (χ4n) is 2.65. The normalized spacial score (nSPS) is 20.0. The number of rotatable bonds is 2. The van der Waals surface area contributed by atoms with Gasteiger partial charge < -0.3 is 9.73 Å². The summed E-state index contributed by atoms with van der Waals surface area (Å²) in [6.45, 7) is 4.34. The van der Waals surface area contributed by atoms with Crippen LogP contribution in [0.25, 0.3) is 11.0 Å². The smallest absolute Gasteiger partial charge is 0.133 e. The van der Waals surface area contributed by atoms with E-state index in [1.807, 2.05) is 18.0 Å². The first-order chi connectivity index (χ1) is 8.88. The van der Waals surface area contributed by atoms with Crippen molar-refractivity contribution in [2.24, 2.45) is 0 Å². The first kappa shape index (κ1) is 10.7. The van der Waals surface area contributed by atoms with Crippen molar-refractivity contribution in [1.82, 2.24) is 9.62 Å². The standard InChI is InChI=1S/C14H14N2OS/c1-2-14-10(3-4-17-14)5-13(1)18-16-8-11-6-15-7-12(11)9-16/h1-5,15H,6-9H2. The summed E-state index contributed by atoms with van der Waals surface area (Å²) in [5, 5.41) is 4.59. The van der Waals surface area contributed by atoms with Crippen molar-refractivity contribution >= 4 is 22.9 Å². The third kappa shape index (κ3) is 1.77. The van der Waals surface area contributed by atoms with Crippen LogP contribution in [-0.2, 0) is 0 Å². The lowest BCUT2D eigenvalue weighted by atomic mass is 10.2. The molecule has 0 amide bonds. The molecule has 0 atom stereocenters. The van der Waals surface area contributed by atoms with Gasteiger partial charge in [-0.15, -0.1) is 0 Å². The van der Waals surface area contributed by atoms with Crippen LogP contribution in [-0.4, -0.2) is 30.5 Å². The minimum absolute atomic E-state index is 0.964. The third-order valence-electron chi connectivity index (χ3n) is 3.57. The zero-order valence-corrected chi connectivity index (χ0v) is 10.8. The summed E-state index contributed by atoms with van der Waals surface area (Å²) in [6, 6.07) is 8.41. The number of hydrogen-bond acceptors (Lipinski definition) is 4. The van der Waals surface area contributed by atoms with E-state index < -0.39 is 0 Å². The Bertz CT molecular complexity index is 616. The first-order valence-electron chi connectivity index (χ1n) is 6.19. The van der Waals surface area contributed by atoms with E-state index in [0.717, 1.165) is 31.8 Å². The minimum atomic E-state index is 0.964. The van der Waals surface area contributed by atoms with Crippen LogP contribution in [0, 0.1) is 0 Å². The number of nitrogens with zero attached hydrogens (tertiary/aromatic N) is 1. The zero-order chi connectivity index (χ0) is 11.9. The molecular formula is C14H14N2OS. The Hall–Kier alpha value is -1.23. The summed E-state index contributed by atoms with van der Waals surface area (Å²) in [5.41, 5.74) is 4.14. The molecule has 1 N–H and O–H groups in total. The van der Waals surface area contributed by atoms with E-state index in [1.165, 1.54) is 10.3 Å². The molecule has 0 saturated heterocycles. The van der Waals surface area contributed by atoms with Crippen LogP contribution in [0.1, 0.15) is 0 Å². The number of fused-ring (bicyclic) bond motifs is 1. The molecule has 4 rings (SSSR count). The van der Waals surface area contributed by atoms with Crippen LogP contribution in [0.3, 0.4) is 0 Å². The van der Waals surface area contributed by atoms with E-state index in [-0.39, 0.29) is 0 Å². The highest BCUT2D eigenvalue weighted by atomic mass is 32.2. The molecule has 2 aliphatic heterocycles. The van der Waals surface area contributed by atoms with Crippen molar-refractivity contribution in [2.75, 3.05) is 26.2 Å². The van der Waals surface area contributed by atoms with E-state index in [9.17, 15) is 0 Å². The highest BCUT2D eigenvalue weighted by molar-refractivity contribution is 7.97. The summed E-state index contributed by atoms with van der Waals surface area (Å²) >= 11 is 1.85. The molecule has 18 heavy (non-hydrogen) atoms. The van der Waals surface area contributed by atoms with Gasteiger partial charge >= 0.3 is 0 Å². The van der Waals surface area contributed by atoms with Gasteiger partial charge in [0.15, 0.2) is 0 Å². The molecule has 0 spiro atoms. The van der Waals surface area contributed by atoms with E-state index in [4.69, 9.17) is 4.42 Å². The highest BCUT2D eigenvalue weighted by Gasteiger charge is 2.25. The maximum absolute atomic E-state index is 5.36. The summed E-state index contributed by atoms with van der Waals surface area (Å²) in [4.78, 5) is 1.29. The summed E-state index contributed by atoms with van der Waals surface area (Å²) in [5.74, 6) is 0. The Morgan fingerprint density at radius 2 is 1.94 bits per heavy atom. The van der Waals surface area contributed by atoms with Crippen molar-refractivity contribution in [3.8, 4) is 0 Å². The monoisotopic (exact) mass is 258 g/mol. The molecule has 3 heterocycles. The number of nitrogens with one attached hydrogen (secondary N) is 1. The van der Waals surface area contributed by atoms with Crippen molar-refractivity contribution in [3.05, 3.63) is 41.7 Å². The van der Waals surface area contributed by atoms with Gasteiger partial charge in [-0.25, -0.2) is 4.31 Å². The number of furan rings is 1. The molecule has 1 aromatic heterocycles. The average molecular weight is 258 g/mol. The van der Waals surface area contributed by atoms with Crippen LogP contribution >= 0.6 is 11.9 Å². The molecule has 0 saturated carbocycles. The predicted octanol–water partition coefficient (Wildman–Crippen LogP) is 2.66. The Labute approximate surface area is 110 Å². The molecule has 0 unspecified atom stereocenters. The van der Waals surface area contributed by atoms with Crippen molar-refractivity contribution < 1.29 is 4.42 Å². The highest BCUT2D eigenvalue weighted by Crippen LogP contribution is 2.32. The quantitative estimate of drug-likeness (QED) is 0.662. The molecule has 0 fully saturated rings. The van der Waals surface area contributed by atoms with Crippen LogP contribution in [0.5, 0.6) is 0 Å². The Morgan fingerprint density at radius 3 is 2.78 bits per heavy atom. The van der Waals surface area contributed by atoms with Crippen molar-refractivity contribution in [3.63, 3.8) is 0 Å². The molecule has 2 aromatic rings. The number of benzene rings is 1. The second-order valence-electron chi connectivity index (χ2n) is 4.82. The lowest BCUT2D eigenvalue weighted by molar-refractivity contribution is 0.570. The van der Waals surface area contributed by atoms with Gasteiger partial charge in [0.25, 0.3) is 0 Å². The molecule has 0 bridgehead atoms. The zero-order valence-electron chi connectivity index (χ0n) is 9.98. The summed E-state index contributed by atoms with van der Waals surface area (Å²) in [6.07, 6.45) is 1.75. The Kier molecular flexibility index (Phi) is 2.46. The van der Waals surface area contributed by atoms with Gasteiger partial charge in [-0.3, -0.25) is 0 Å². The molecule has 0 radical (unpaired) electrons. The van der Waals surface area contributed by atoms with E-state index in [0.29, 0.717) is 0 Å². The second kappa shape index (κ2) is 4.16. The van der Waals surface area contributed by atoms with Gasteiger partial charge in [0.2, 0.25) is 0 Å². The molecule has 3 nitrogen and oxygen atoms in total. The topological polar surface area (TPSA) is 28.4 Å². The van der Waals surface area contributed by atoms with Crippen LogP contribution in [0.15, 0.2) is 51.0 Å². The minimum Gasteiger partial charge on any atom is -0.464 e. The molecule has 1 aromatic carbocycles. The van der Waals surface area contributed by atoms with E-state index in [1.54, 1.807) is 17.4 Å². The summed E-state index contributed by atoms with van der Waals surface area (Å²) < 4.78 is 7.80. The second-order valence-corrected chi connectivity index (χ2v) is 5.99. The van der Waals surface area contributed by atoms with E-state index >= 15 is 0 Å². The van der Waals surface area contributed by atoms with E-state index in [2.05, 4.69) is 27.8 Å². The first-order valence-corrected chi connectivity index (χ1v) is 6.96. The van der Waals surface area contributed by atoms with Crippen LogP contribution < -0.4 is 5.32 Å². The van der Waals surface area contributed by atoms with Gasteiger partial charge in [0.1, 0.15) is 5.58 Å². The SMILES string of the molecule is c1cc2cc(SN3CC4=C(CNC4)C3)ccc2o1. The van der Waals surface area contributed by atoms with Crippen LogP contribution in [0.2, 0.25) is 0 Å². The Morgan fingerprint density at radius 1 is 1.11 bits per heavy atom. The maximum atomic E-state index is 5.36. The lowest BCUT2D eigenvalue weighted by Crippen LogP contribution is -2.21. The van der Waals surface area contributed by atoms with Gasteiger partial charge in [-0.2, -0.15) is 0 Å². The van der Waals surface area contributed by atoms with Gasteiger partial charge in [-0.05, 0) is 47.4 Å². The fraction of sp³-hybridized carbons (Fsp3) is 0.286. The average Bonchev–Trinajstić information content (AvgIpc) is 3.02. The van der Waals surface area contributed by atoms with Crippen molar-refractivity contribution in [2.45, 2.75) is 4.90 Å². The van der Waals surface area contributed by atoms with Gasteiger partial charge in [0.05, 0.1) is 6.26 Å². The Balaban J connectivity index is 1.52. The fourth-order valence-corrected chi connectivity index (χ4v) is 3.69. The lowest BCUT2D eigenvalue weighted by Gasteiger charge is -2.16. The molecule has 92 valence electrons. The van der Waals surface area contributed by atoms with Gasteiger partial charge in [-0.1, -0.05) is 0 Å². The molecular weight excluding hydrogens is 244 g/mol. The van der Waals surface area contributed by atoms with Crippen LogP contribution in [0.4, 0.5) is 0 Å². The molecule has 2 aliphatic rings. The largest absolute Gasteiger partial charge is 0.464 e. The van der Waals surface area contributed by atoms with Crippen molar-refractivity contribution in [1.29, 1.82) is 0 Å². The summed E-state index contributed by atoms with van der Waals surface area (Å²) in [7, 11) is 0. The molecule has 0 aliphatic carbocycles. The maximum Gasteiger partial charge on any atom is 0.133 e. The predicted molar refractivity (Wildman–Crippen MR) is 73.5 cm³/mol. The van der Waals surface area contributed by atoms with Gasteiger partial charge in [0, 0.05) is 36.5 Å². The number of hydrogen-bond donors (Lipinski definition) is 1.